The van der Waals surface area contributed by atoms with E-state index in [1.807, 2.05) is 18.2 Å². The number of carbonyl (C=O) groups is 1. The van der Waals surface area contributed by atoms with Crippen LogP contribution in [0.15, 0.2) is 54.6 Å². The van der Waals surface area contributed by atoms with Gasteiger partial charge in [-0.1, -0.05) is 35.9 Å². The average Bonchev–Trinajstić information content (AvgIpc) is 2.74. The number of aliphatic hydroxyl groups excluding tert-OH is 1. The van der Waals surface area contributed by atoms with Gasteiger partial charge in [0.2, 0.25) is 0 Å². The normalized spacial score (nSPS) is 15.5. The standard InChI is InChI=1S/C23H24ClN3O2/c24-22-8-6-18-13-19(5-7-21(18)26-22)23(29)25-14-16-1-3-17(4-2-16)15-27-11-9-20(28)10-12-27/h1-8,13,20,28H,9-12,14-15H2,(H,25,29). The number of halogens is 1. The third kappa shape index (κ3) is 5.12. The lowest BCUT2D eigenvalue weighted by molar-refractivity contribution is 0.0792. The quantitative estimate of drug-likeness (QED) is 0.629. The monoisotopic (exact) mass is 409 g/mol. The van der Waals surface area contributed by atoms with Gasteiger partial charge >= 0.3 is 0 Å². The van der Waals surface area contributed by atoms with Crippen molar-refractivity contribution in [2.75, 3.05) is 13.1 Å². The lowest BCUT2D eigenvalue weighted by Gasteiger charge is -2.29. The van der Waals surface area contributed by atoms with Crippen molar-refractivity contribution in [1.29, 1.82) is 0 Å². The number of hydrogen-bond acceptors (Lipinski definition) is 4. The number of likely N-dealkylation sites (tertiary alicyclic amines) is 1. The van der Waals surface area contributed by atoms with E-state index in [2.05, 4.69) is 39.5 Å². The van der Waals surface area contributed by atoms with Crippen LogP contribution >= 0.6 is 11.6 Å². The highest BCUT2D eigenvalue weighted by Gasteiger charge is 2.16. The Balaban J connectivity index is 1.32. The van der Waals surface area contributed by atoms with Crippen LogP contribution in [-0.2, 0) is 13.1 Å². The Morgan fingerprint density at radius 3 is 2.55 bits per heavy atom. The molecule has 0 saturated carbocycles. The Kier molecular flexibility index (Phi) is 6.09. The van der Waals surface area contributed by atoms with Crippen LogP contribution in [-0.4, -0.2) is 40.1 Å². The van der Waals surface area contributed by atoms with Gasteiger partial charge < -0.3 is 10.4 Å². The number of aromatic nitrogens is 1. The molecular weight excluding hydrogens is 386 g/mol. The van der Waals surface area contributed by atoms with Crippen molar-refractivity contribution in [1.82, 2.24) is 15.2 Å². The van der Waals surface area contributed by atoms with Crippen molar-refractivity contribution >= 4 is 28.4 Å². The first-order chi connectivity index (χ1) is 14.1. The summed E-state index contributed by atoms with van der Waals surface area (Å²) < 4.78 is 0. The molecule has 2 N–H and O–H groups in total. The van der Waals surface area contributed by atoms with Gasteiger partial charge in [0, 0.05) is 37.1 Å². The molecule has 4 rings (SSSR count). The first-order valence-electron chi connectivity index (χ1n) is 9.89. The number of hydrogen-bond donors (Lipinski definition) is 2. The zero-order valence-corrected chi connectivity index (χ0v) is 16.9. The van der Waals surface area contributed by atoms with Gasteiger partial charge in [0.15, 0.2) is 0 Å². The second-order valence-corrected chi connectivity index (χ2v) is 7.94. The number of benzene rings is 2. The Morgan fingerprint density at radius 1 is 1.07 bits per heavy atom. The van der Waals surface area contributed by atoms with Crippen LogP contribution in [0, 0.1) is 0 Å². The Hall–Kier alpha value is -2.47. The number of piperidine rings is 1. The molecule has 0 atom stereocenters. The summed E-state index contributed by atoms with van der Waals surface area (Å²) in [5, 5.41) is 13.9. The molecule has 2 aromatic carbocycles. The summed E-state index contributed by atoms with van der Waals surface area (Å²) in [5.41, 5.74) is 3.68. The Bertz CT molecular complexity index is 999. The molecule has 1 saturated heterocycles. The van der Waals surface area contributed by atoms with E-state index in [4.69, 9.17) is 11.6 Å². The van der Waals surface area contributed by atoms with Crippen LogP contribution in [0.4, 0.5) is 0 Å². The molecule has 29 heavy (non-hydrogen) atoms. The summed E-state index contributed by atoms with van der Waals surface area (Å²) in [7, 11) is 0. The van der Waals surface area contributed by atoms with E-state index in [0.29, 0.717) is 17.3 Å². The van der Waals surface area contributed by atoms with Crippen molar-refractivity contribution in [2.24, 2.45) is 0 Å². The fourth-order valence-corrected chi connectivity index (χ4v) is 3.78. The van der Waals surface area contributed by atoms with Crippen molar-refractivity contribution in [2.45, 2.75) is 32.0 Å². The molecule has 0 bridgehead atoms. The van der Waals surface area contributed by atoms with E-state index in [9.17, 15) is 9.90 Å². The van der Waals surface area contributed by atoms with Crippen LogP contribution in [0.3, 0.4) is 0 Å². The SMILES string of the molecule is O=C(NCc1ccc(CN2CCC(O)CC2)cc1)c1ccc2nc(Cl)ccc2c1. The summed E-state index contributed by atoms with van der Waals surface area (Å²) in [5.74, 6) is -0.113. The highest BCUT2D eigenvalue weighted by molar-refractivity contribution is 6.29. The number of nitrogens with zero attached hydrogens (tertiary/aromatic N) is 2. The first-order valence-corrected chi connectivity index (χ1v) is 10.3. The minimum absolute atomic E-state index is 0.113. The number of nitrogens with one attached hydrogen (secondary N) is 1. The van der Waals surface area contributed by atoms with Gasteiger partial charge in [-0.3, -0.25) is 9.69 Å². The van der Waals surface area contributed by atoms with Crippen LogP contribution < -0.4 is 5.32 Å². The maximum absolute atomic E-state index is 12.5. The van der Waals surface area contributed by atoms with Gasteiger partial charge in [0.1, 0.15) is 5.15 Å². The summed E-state index contributed by atoms with van der Waals surface area (Å²) >= 11 is 5.91. The highest BCUT2D eigenvalue weighted by atomic mass is 35.5. The zero-order valence-electron chi connectivity index (χ0n) is 16.1. The third-order valence-electron chi connectivity index (χ3n) is 5.36. The molecule has 1 aliphatic rings. The maximum Gasteiger partial charge on any atom is 0.251 e. The average molecular weight is 410 g/mol. The minimum Gasteiger partial charge on any atom is -0.393 e. The molecule has 0 aliphatic carbocycles. The lowest BCUT2D eigenvalue weighted by Crippen LogP contribution is -2.35. The van der Waals surface area contributed by atoms with E-state index < -0.39 is 0 Å². The molecule has 150 valence electrons. The van der Waals surface area contributed by atoms with Crippen LogP contribution in [0.1, 0.15) is 34.3 Å². The van der Waals surface area contributed by atoms with E-state index in [-0.39, 0.29) is 12.0 Å². The van der Waals surface area contributed by atoms with Crippen LogP contribution in [0.25, 0.3) is 10.9 Å². The summed E-state index contributed by atoms with van der Waals surface area (Å²) in [6, 6.07) is 17.3. The molecule has 0 unspecified atom stereocenters. The summed E-state index contributed by atoms with van der Waals surface area (Å²) in [4.78, 5) is 19.1. The molecule has 1 aliphatic heterocycles. The van der Waals surface area contributed by atoms with Gasteiger partial charge in [-0.15, -0.1) is 0 Å². The summed E-state index contributed by atoms with van der Waals surface area (Å²) in [6.45, 7) is 3.25. The molecule has 5 nitrogen and oxygen atoms in total. The number of pyridine rings is 1. The summed E-state index contributed by atoms with van der Waals surface area (Å²) in [6.07, 6.45) is 1.55. The van der Waals surface area contributed by atoms with Crippen molar-refractivity contribution in [3.63, 3.8) is 0 Å². The number of carbonyl (C=O) groups excluding carboxylic acids is 1. The second kappa shape index (κ2) is 8.91. The number of rotatable bonds is 5. The minimum atomic E-state index is -0.145. The molecule has 3 aromatic rings. The fraction of sp³-hybridized carbons (Fsp3) is 0.304. The zero-order chi connectivity index (χ0) is 20.2. The molecular formula is C23H24ClN3O2. The van der Waals surface area contributed by atoms with Gasteiger partial charge in [-0.25, -0.2) is 4.98 Å². The molecule has 1 amide bonds. The van der Waals surface area contributed by atoms with Crippen LogP contribution in [0.5, 0.6) is 0 Å². The first kappa shape index (κ1) is 19.8. The topological polar surface area (TPSA) is 65.5 Å². The smallest absolute Gasteiger partial charge is 0.251 e. The number of fused-ring (bicyclic) bond motifs is 1. The van der Waals surface area contributed by atoms with Gasteiger partial charge in [0.05, 0.1) is 11.6 Å². The molecule has 1 fully saturated rings. The molecule has 0 radical (unpaired) electrons. The second-order valence-electron chi connectivity index (χ2n) is 7.55. The van der Waals surface area contributed by atoms with Gasteiger partial charge in [0.25, 0.3) is 5.91 Å². The third-order valence-corrected chi connectivity index (χ3v) is 5.57. The highest BCUT2D eigenvalue weighted by Crippen LogP contribution is 2.18. The predicted molar refractivity (Wildman–Crippen MR) is 115 cm³/mol. The predicted octanol–water partition coefficient (Wildman–Crippen LogP) is 3.77. The van der Waals surface area contributed by atoms with E-state index in [1.54, 1.807) is 12.1 Å². The van der Waals surface area contributed by atoms with Crippen molar-refractivity contribution in [3.05, 3.63) is 76.4 Å². The Labute approximate surface area is 175 Å². The largest absolute Gasteiger partial charge is 0.393 e. The molecule has 0 spiro atoms. The van der Waals surface area contributed by atoms with E-state index in [0.717, 1.165) is 48.9 Å². The van der Waals surface area contributed by atoms with E-state index >= 15 is 0 Å². The molecule has 2 heterocycles. The number of amides is 1. The molecule has 6 heteroatoms. The van der Waals surface area contributed by atoms with Crippen molar-refractivity contribution in [3.8, 4) is 0 Å². The Morgan fingerprint density at radius 2 is 1.79 bits per heavy atom. The fourth-order valence-electron chi connectivity index (χ4n) is 3.62. The van der Waals surface area contributed by atoms with Gasteiger partial charge in [-0.2, -0.15) is 0 Å². The van der Waals surface area contributed by atoms with Gasteiger partial charge in [-0.05, 0) is 54.3 Å². The van der Waals surface area contributed by atoms with Crippen molar-refractivity contribution < 1.29 is 9.90 Å². The number of aliphatic hydroxyl groups is 1. The molecule has 1 aromatic heterocycles. The van der Waals surface area contributed by atoms with Crippen LogP contribution in [0.2, 0.25) is 5.15 Å². The lowest BCUT2D eigenvalue weighted by atomic mass is 10.1. The maximum atomic E-state index is 12.5. The van der Waals surface area contributed by atoms with E-state index in [1.165, 1.54) is 5.56 Å².